The molecule has 3 nitrogen and oxygen atoms in total. The molecule has 94 valence electrons. The van der Waals surface area contributed by atoms with E-state index >= 15 is 0 Å². The zero-order chi connectivity index (χ0) is 13.2. The molecule has 1 rings (SSSR count). The van der Waals surface area contributed by atoms with Gasteiger partial charge in [0.1, 0.15) is 5.75 Å². The van der Waals surface area contributed by atoms with E-state index in [1.807, 2.05) is 0 Å². The van der Waals surface area contributed by atoms with Crippen molar-refractivity contribution in [1.82, 2.24) is 0 Å². The van der Waals surface area contributed by atoms with Gasteiger partial charge in [0.25, 0.3) is 6.43 Å². The summed E-state index contributed by atoms with van der Waals surface area (Å²) in [7, 11) is -2.49. The van der Waals surface area contributed by atoms with E-state index in [1.54, 1.807) is 0 Å². The first kappa shape index (κ1) is 13.7. The summed E-state index contributed by atoms with van der Waals surface area (Å²) in [6.45, 7) is 0. The van der Waals surface area contributed by atoms with E-state index in [2.05, 4.69) is 4.74 Å². The highest BCUT2D eigenvalue weighted by molar-refractivity contribution is 6.60. The third-order valence-electron chi connectivity index (χ3n) is 1.82. The Labute approximate surface area is 92.6 Å². The lowest BCUT2D eigenvalue weighted by Gasteiger charge is -2.15. The summed E-state index contributed by atoms with van der Waals surface area (Å²) in [5.41, 5.74) is -1.93. The van der Waals surface area contributed by atoms with Crippen molar-refractivity contribution < 1.29 is 36.7 Å². The van der Waals surface area contributed by atoms with Gasteiger partial charge >= 0.3 is 13.5 Å². The standard InChI is InChI=1S/C8H6BF5O3/c10-7(11)4-2-1-3-5(6(4)9(15)16)17-8(12,13)14/h1-3,7,15-16H. The van der Waals surface area contributed by atoms with E-state index in [1.165, 1.54) is 0 Å². The monoisotopic (exact) mass is 256 g/mol. The molecule has 0 spiro atoms. The molecule has 0 amide bonds. The van der Waals surface area contributed by atoms with Gasteiger partial charge in [-0.2, -0.15) is 0 Å². The van der Waals surface area contributed by atoms with Gasteiger partial charge in [0.2, 0.25) is 0 Å². The Morgan fingerprint density at radius 3 is 2.18 bits per heavy atom. The van der Waals surface area contributed by atoms with Crippen LogP contribution in [0.2, 0.25) is 0 Å². The van der Waals surface area contributed by atoms with Gasteiger partial charge in [-0.05, 0) is 6.07 Å². The molecule has 9 heteroatoms. The van der Waals surface area contributed by atoms with Crippen LogP contribution in [-0.2, 0) is 0 Å². The van der Waals surface area contributed by atoms with Gasteiger partial charge in [-0.25, -0.2) is 8.78 Å². The quantitative estimate of drug-likeness (QED) is 0.631. The fourth-order valence-corrected chi connectivity index (χ4v) is 1.24. The minimum atomic E-state index is -5.11. The molecule has 0 aliphatic heterocycles. The van der Waals surface area contributed by atoms with Gasteiger partial charge in [-0.15, -0.1) is 13.2 Å². The smallest absolute Gasteiger partial charge is 0.423 e. The van der Waals surface area contributed by atoms with Crippen molar-refractivity contribution in [3.05, 3.63) is 23.8 Å². The summed E-state index contributed by atoms with van der Waals surface area (Å²) >= 11 is 0. The summed E-state index contributed by atoms with van der Waals surface area (Å²) in [4.78, 5) is 0. The SMILES string of the molecule is OB(O)c1c(OC(F)(F)F)cccc1C(F)F. The fraction of sp³-hybridized carbons (Fsp3) is 0.250. The van der Waals surface area contributed by atoms with E-state index in [9.17, 15) is 22.0 Å². The summed E-state index contributed by atoms with van der Waals surface area (Å²) in [6, 6.07) is 2.39. The minimum Gasteiger partial charge on any atom is -0.423 e. The average Bonchev–Trinajstić information content (AvgIpc) is 2.14. The molecule has 0 unspecified atom stereocenters. The van der Waals surface area contributed by atoms with Gasteiger partial charge in [-0.1, -0.05) is 12.1 Å². The van der Waals surface area contributed by atoms with Crippen LogP contribution in [0.25, 0.3) is 0 Å². The number of hydrogen-bond acceptors (Lipinski definition) is 3. The van der Waals surface area contributed by atoms with Crippen molar-refractivity contribution in [3.8, 4) is 5.75 Å². The second kappa shape index (κ2) is 4.88. The number of benzene rings is 1. The van der Waals surface area contributed by atoms with E-state index < -0.39 is 36.7 Å². The molecule has 0 saturated heterocycles. The molecular weight excluding hydrogens is 250 g/mol. The van der Waals surface area contributed by atoms with Crippen LogP contribution in [0.5, 0.6) is 5.75 Å². The van der Waals surface area contributed by atoms with Gasteiger partial charge in [0.15, 0.2) is 0 Å². The van der Waals surface area contributed by atoms with Crippen LogP contribution in [0.4, 0.5) is 22.0 Å². The maximum atomic E-state index is 12.4. The Morgan fingerprint density at radius 2 is 1.76 bits per heavy atom. The molecular formula is C8H6BF5O3. The Balaban J connectivity index is 3.25. The Hall–Kier alpha value is -1.35. The molecule has 1 aromatic carbocycles. The van der Waals surface area contributed by atoms with Crippen LogP contribution >= 0.6 is 0 Å². The normalized spacial score (nSPS) is 11.8. The van der Waals surface area contributed by atoms with E-state index in [-0.39, 0.29) is 0 Å². The van der Waals surface area contributed by atoms with Gasteiger partial charge in [-0.3, -0.25) is 0 Å². The molecule has 0 heterocycles. The molecule has 2 N–H and O–H groups in total. The topological polar surface area (TPSA) is 49.7 Å². The second-order valence-electron chi connectivity index (χ2n) is 2.98. The van der Waals surface area contributed by atoms with Gasteiger partial charge in [0, 0.05) is 11.0 Å². The molecule has 0 fully saturated rings. The van der Waals surface area contributed by atoms with Gasteiger partial charge < -0.3 is 14.8 Å². The molecule has 0 bridgehead atoms. The first-order valence-electron chi connectivity index (χ1n) is 4.25. The highest BCUT2D eigenvalue weighted by Crippen LogP contribution is 2.25. The zero-order valence-corrected chi connectivity index (χ0v) is 8.08. The molecule has 1 aromatic rings. The molecule has 0 aromatic heterocycles. The maximum Gasteiger partial charge on any atom is 0.573 e. The Bertz CT molecular complexity index is 393. The summed E-state index contributed by atoms with van der Waals surface area (Å²) < 4.78 is 64.1. The van der Waals surface area contributed by atoms with Crippen LogP contribution in [0.1, 0.15) is 12.0 Å². The van der Waals surface area contributed by atoms with Crippen molar-refractivity contribution in [2.75, 3.05) is 0 Å². The number of alkyl halides is 5. The molecule has 0 radical (unpaired) electrons. The van der Waals surface area contributed by atoms with E-state index in [4.69, 9.17) is 10.0 Å². The lowest BCUT2D eigenvalue weighted by molar-refractivity contribution is -0.274. The predicted octanol–water partition coefficient (Wildman–Crippen LogP) is 1.20. The van der Waals surface area contributed by atoms with Crippen molar-refractivity contribution in [1.29, 1.82) is 0 Å². The molecule has 17 heavy (non-hydrogen) atoms. The Morgan fingerprint density at radius 1 is 1.18 bits per heavy atom. The van der Waals surface area contributed by atoms with Crippen molar-refractivity contribution in [2.45, 2.75) is 12.8 Å². The van der Waals surface area contributed by atoms with Crippen LogP contribution in [-0.4, -0.2) is 23.5 Å². The largest absolute Gasteiger partial charge is 0.573 e. The first-order valence-corrected chi connectivity index (χ1v) is 4.25. The summed E-state index contributed by atoms with van der Waals surface area (Å²) in [5.74, 6) is -1.06. The lowest BCUT2D eigenvalue weighted by Crippen LogP contribution is -2.36. The fourth-order valence-electron chi connectivity index (χ4n) is 1.24. The molecule has 0 atom stereocenters. The van der Waals surface area contributed by atoms with Crippen LogP contribution in [0.3, 0.4) is 0 Å². The number of hydrogen-bond donors (Lipinski definition) is 2. The highest BCUT2D eigenvalue weighted by atomic mass is 19.4. The zero-order valence-electron chi connectivity index (χ0n) is 8.08. The van der Waals surface area contributed by atoms with Crippen molar-refractivity contribution in [2.24, 2.45) is 0 Å². The maximum absolute atomic E-state index is 12.4. The van der Waals surface area contributed by atoms with Crippen LogP contribution in [0, 0.1) is 0 Å². The third-order valence-corrected chi connectivity index (χ3v) is 1.82. The van der Waals surface area contributed by atoms with Crippen molar-refractivity contribution in [3.63, 3.8) is 0 Å². The first-order chi connectivity index (χ1) is 7.72. The summed E-state index contributed by atoms with van der Waals surface area (Å²) in [5, 5.41) is 17.6. The average molecular weight is 256 g/mol. The molecule has 0 aliphatic rings. The van der Waals surface area contributed by atoms with Crippen molar-refractivity contribution >= 4 is 12.6 Å². The second-order valence-corrected chi connectivity index (χ2v) is 2.98. The van der Waals surface area contributed by atoms with E-state index in [0.717, 1.165) is 12.1 Å². The van der Waals surface area contributed by atoms with E-state index in [0.29, 0.717) is 6.07 Å². The van der Waals surface area contributed by atoms with Crippen LogP contribution < -0.4 is 10.2 Å². The molecule has 0 aliphatic carbocycles. The number of ether oxygens (including phenoxy) is 1. The van der Waals surface area contributed by atoms with Crippen LogP contribution in [0.15, 0.2) is 18.2 Å². The summed E-state index contributed by atoms with van der Waals surface area (Å²) in [6.07, 6.45) is -8.26. The predicted molar refractivity (Wildman–Crippen MR) is 47.9 cm³/mol. The number of rotatable bonds is 3. The third kappa shape index (κ3) is 3.57. The minimum absolute atomic E-state index is 0.716. The van der Waals surface area contributed by atoms with Gasteiger partial charge in [0.05, 0.1) is 0 Å². The lowest BCUT2D eigenvalue weighted by atomic mass is 9.76. The highest BCUT2D eigenvalue weighted by Gasteiger charge is 2.35. The number of halogens is 5. The molecule has 0 saturated carbocycles. The Kier molecular flexibility index (Phi) is 3.94.